The van der Waals surface area contributed by atoms with Gasteiger partial charge in [-0.05, 0) is 37.1 Å². The fourth-order valence-corrected chi connectivity index (χ4v) is 4.73. The van der Waals surface area contributed by atoms with Gasteiger partial charge in [0.05, 0.1) is 20.4 Å². The number of anilines is 2. The average molecular weight is 425 g/mol. The fraction of sp³-hybridized carbons (Fsp3) is 0.238. The van der Waals surface area contributed by atoms with E-state index in [9.17, 15) is 9.59 Å². The van der Waals surface area contributed by atoms with Crippen molar-refractivity contribution in [3.8, 4) is 0 Å². The lowest BCUT2D eigenvalue weighted by Gasteiger charge is -2.03. The molecule has 0 aliphatic heterocycles. The number of para-hydroxylation sites is 2. The Bertz CT molecular complexity index is 996. The molecule has 2 amide bonds. The normalized spacial score (nSPS) is 11.0. The lowest BCUT2D eigenvalue weighted by molar-refractivity contribution is -0.116. The van der Waals surface area contributed by atoms with Crippen LogP contribution in [0.15, 0.2) is 48.5 Å². The lowest BCUT2D eigenvalue weighted by Crippen LogP contribution is -2.12. The van der Waals surface area contributed by atoms with Gasteiger partial charge in [0, 0.05) is 12.8 Å². The first-order valence-electron chi connectivity index (χ1n) is 9.48. The molecule has 0 saturated heterocycles. The van der Waals surface area contributed by atoms with Crippen molar-refractivity contribution < 1.29 is 9.59 Å². The van der Waals surface area contributed by atoms with E-state index in [1.165, 1.54) is 22.7 Å². The number of rotatable bonds is 8. The van der Waals surface area contributed by atoms with Crippen molar-refractivity contribution in [1.29, 1.82) is 0 Å². The van der Waals surface area contributed by atoms with Gasteiger partial charge in [0.2, 0.25) is 11.8 Å². The van der Waals surface area contributed by atoms with Crippen LogP contribution in [-0.4, -0.2) is 21.8 Å². The molecule has 4 aromatic rings. The van der Waals surface area contributed by atoms with Gasteiger partial charge < -0.3 is 10.6 Å². The number of amides is 2. The molecule has 2 aromatic heterocycles. The molecule has 0 spiro atoms. The summed E-state index contributed by atoms with van der Waals surface area (Å²) in [7, 11) is 0. The van der Waals surface area contributed by atoms with Gasteiger partial charge in [0.25, 0.3) is 0 Å². The standard InChI is InChI=1S/C21H20N4O2S2/c26-18(24-20-22-14-8-4-6-10-16(14)28-20)12-2-1-3-13-19(27)25-21-23-15-9-5-7-11-17(15)29-21/h4-11H,1-3,12-13H2,(H,22,24,26)(H,23,25,27). The van der Waals surface area contributed by atoms with Gasteiger partial charge in [0.1, 0.15) is 0 Å². The van der Waals surface area contributed by atoms with Crippen molar-refractivity contribution in [3.05, 3.63) is 48.5 Å². The molecule has 29 heavy (non-hydrogen) atoms. The van der Waals surface area contributed by atoms with Gasteiger partial charge >= 0.3 is 0 Å². The number of fused-ring (bicyclic) bond motifs is 2. The van der Waals surface area contributed by atoms with E-state index in [0.717, 1.165) is 39.7 Å². The first-order chi connectivity index (χ1) is 14.2. The van der Waals surface area contributed by atoms with Crippen LogP contribution in [0.3, 0.4) is 0 Å². The van der Waals surface area contributed by atoms with Crippen LogP contribution in [0.5, 0.6) is 0 Å². The van der Waals surface area contributed by atoms with Crippen LogP contribution in [0.25, 0.3) is 20.4 Å². The first-order valence-corrected chi connectivity index (χ1v) is 11.1. The summed E-state index contributed by atoms with van der Waals surface area (Å²) in [5.74, 6) is -0.0778. The van der Waals surface area contributed by atoms with Crippen LogP contribution in [0, 0.1) is 0 Å². The van der Waals surface area contributed by atoms with E-state index in [0.29, 0.717) is 23.1 Å². The third kappa shape index (κ3) is 5.16. The molecule has 0 atom stereocenters. The minimum atomic E-state index is -0.0389. The number of benzene rings is 2. The monoisotopic (exact) mass is 424 g/mol. The number of hydrogen-bond donors (Lipinski definition) is 2. The topological polar surface area (TPSA) is 84.0 Å². The Labute approximate surface area is 176 Å². The van der Waals surface area contributed by atoms with Gasteiger partial charge in [-0.2, -0.15) is 0 Å². The van der Waals surface area contributed by atoms with Gasteiger partial charge in [-0.3, -0.25) is 9.59 Å². The predicted octanol–water partition coefficient (Wildman–Crippen LogP) is 5.43. The predicted molar refractivity (Wildman–Crippen MR) is 120 cm³/mol. The highest BCUT2D eigenvalue weighted by Gasteiger charge is 2.09. The van der Waals surface area contributed by atoms with Gasteiger partial charge in [0.15, 0.2) is 10.3 Å². The SMILES string of the molecule is O=C(CCCCCC(=O)Nc1nc2ccccc2s1)Nc1nc2ccccc2s1. The number of unbranched alkanes of at least 4 members (excludes halogenated alkanes) is 2. The molecule has 0 fully saturated rings. The summed E-state index contributed by atoms with van der Waals surface area (Å²) >= 11 is 2.95. The van der Waals surface area contributed by atoms with Crippen LogP contribution in [0.1, 0.15) is 32.1 Å². The number of carbonyl (C=O) groups is 2. The lowest BCUT2D eigenvalue weighted by atomic mass is 10.1. The summed E-state index contributed by atoms with van der Waals surface area (Å²) in [6.45, 7) is 0. The summed E-state index contributed by atoms with van der Waals surface area (Å²) in [6.07, 6.45) is 3.15. The second-order valence-corrected chi connectivity index (χ2v) is 8.69. The van der Waals surface area contributed by atoms with E-state index in [-0.39, 0.29) is 11.8 Å². The maximum atomic E-state index is 12.1. The zero-order chi connectivity index (χ0) is 20.1. The maximum absolute atomic E-state index is 12.1. The zero-order valence-corrected chi connectivity index (χ0v) is 17.3. The number of carbonyl (C=O) groups excluding carboxylic acids is 2. The minimum Gasteiger partial charge on any atom is -0.302 e. The van der Waals surface area contributed by atoms with Crippen LogP contribution in [0.2, 0.25) is 0 Å². The molecule has 0 saturated carbocycles. The Balaban J connectivity index is 1.14. The zero-order valence-electron chi connectivity index (χ0n) is 15.7. The summed E-state index contributed by atoms with van der Waals surface area (Å²) in [5.41, 5.74) is 1.79. The number of aromatic nitrogens is 2. The summed E-state index contributed by atoms with van der Waals surface area (Å²) in [4.78, 5) is 33.0. The number of nitrogens with one attached hydrogen (secondary N) is 2. The molecule has 2 heterocycles. The average Bonchev–Trinajstić information content (AvgIpc) is 3.30. The summed E-state index contributed by atoms with van der Waals surface area (Å²) in [6, 6.07) is 15.6. The summed E-state index contributed by atoms with van der Waals surface area (Å²) < 4.78 is 2.11. The Kier molecular flexibility index (Phi) is 6.12. The van der Waals surface area contributed by atoms with Crippen molar-refractivity contribution in [1.82, 2.24) is 9.97 Å². The van der Waals surface area contributed by atoms with Crippen LogP contribution >= 0.6 is 22.7 Å². The second kappa shape index (κ2) is 9.11. The molecule has 0 aliphatic rings. The number of thiazole rings is 2. The second-order valence-electron chi connectivity index (χ2n) is 6.63. The molecule has 0 unspecified atom stereocenters. The Morgan fingerprint density at radius 3 is 1.59 bits per heavy atom. The maximum Gasteiger partial charge on any atom is 0.226 e. The van der Waals surface area contributed by atoms with Gasteiger partial charge in [-0.25, -0.2) is 9.97 Å². The van der Waals surface area contributed by atoms with Crippen molar-refractivity contribution in [2.75, 3.05) is 10.6 Å². The van der Waals surface area contributed by atoms with Crippen molar-refractivity contribution in [2.24, 2.45) is 0 Å². The highest BCUT2D eigenvalue weighted by atomic mass is 32.1. The molecular weight excluding hydrogens is 404 g/mol. The number of nitrogens with zero attached hydrogens (tertiary/aromatic N) is 2. The van der Waals surface area contributed by atoms with E-state index in [2.05, 4.69) is 20.6 Å². The Hall–Kier alpha value is -2.84. The van der Waals surface area contributed by atoms with E-state index in [1.807, 2.05) is 48.5 Å². The number of hydrogen-bond acceptors (Lipinski definition) is 6. The molecule has 0 radical (unpaired) electrons. The van der Waals surface area contributed by atoms with E-state index in [1.54, 1.807) is 0 Å². The molecule has 0 aliphatic carbocycles. The van der Waals surface area contributed by atoms with E-state index < -0.39 is 0 Å². The molecule has 8 heteroatoms. The quantitative estimate of drug-likeness (QED) is 0.369. The minimum absolute atomic E-state index is 0.0389. The van der Waals surface area contributed by atoms with Crippen molar-refractivity contribution >= 4 is 65.2 Å². The Morgan fingerprint density at radius 1 is 0.690 bits per heavy atom. The molecule has 2 aromatic carbocycles. The Morgan fingerprint density at radius 2 is 1.14 bits per heavy atom. The van der Waals surface area contributed by atoms with Crippen LogP contribution in [0.4, 0.5) is 10.3 Å². The van der Waals surface area contributed by atoms with Gasteiger partial charge in [-0.15, -0.1) is 0 Å². The molecule has 2 N–H and O–H groups in total. The highest BCUT2D eigenvalue weighted by molar-refractivity contribution is 7.22. The smallest absolute Gasteiger partial charge is 0.226 e. The third-order valence-corrected chi connectivity index (χ3v) is 6.29. The van der Waals surface area contributed by atoms with Crippen molar-refractivity contribution in [2.45, 2.75) is 32.1 Å². The fourth-order valence-electron chi connectivity index (χ4n) is 2.96. The highest BCUT2D eigenvalue weighted by Crippen LogP contribution is 2.26. The van der Waals surface area contributed by atoms with E-state index in [4.69, 9.17) is 0 Å². The van der Waals surface area contributed by atoms with Crippen LogP contribution < -0.4 is 10.6 Å². The van der Waals surface area contributed by atoms with Crippen molar-refractivity contribution in [3.63, 3.8) is 0 Å². The largest absolute Gasteiger partial charge is 0.302 e. The van der Waals surface area contributed by atoms with E-state index >= 15 is 0 Å². The van der Waals surface area contributed by atoms with Gasteiger partial charge in [-0.1, -0.05) is 53.4 Å². The molecule has 6 nitrogen and oxygen atoms in total. The molecule has 148 valence electrons. The van der Waals surface area contributed by atoms with Crippen LogP contribution in [-0.2, 0) is 9.59 Å². The molecular formula is C21H20N4O2S2. The molecule has 0 bridgehead atoms. The molecule has 4 rings (SSSR count). The third-order valence-electron chi connectivity index (χ3n) is 4.39. The first kappa shape index (κ1) is 19.5. The summed E-state index contributed by atoms with van der Waals surface area (Å²) in [5, 5.41) is 6.98.